The number of hydrogen-bond acceptors (Lipinski definition) is 5. The molecule has 0 aliphatic carbocycles. The molecule has 0 N–H and O–H groups in total. The van der Waals surface area contributed by atoms with E-state index in [-0.39, 0.29) is 5.91 Å². The number of hydrogen-bond donors (Lipinski definition) is 0. The van der Waals surface area contributed by atoms with Gasteiger partial charge in [-0.3, -0.25) is 4.79 Å². The molecule has 4 rings (SSSR count). The molecule has 6 nitrogen and oxygen atoms in total. The normalized spacial score (nSPS) is 17.3. The Balaban J connectivity index is 1.42. The third-order valence-corrected chi connectivity index (χ3v) is 5.42. The largest absolute Gasteiger partial charge is 0.495 e. The van der Waals surface area contributed by atoms with E-state index in [2.05, 4.69) is 20.9 Å². The van der Waals surface area contributed by atoms with E-state index >= 15 is 0 Å². The molecule has 27 heavy (non-hydrogen) atoms. The highest BCUT2D eigenvalue weighted by Crippen LogP contribution is 2.28. The minimum absolute atomic E-state index is 0.0949. The SMILES string of the molecule is COc1ccccc1N1CCN(C(=O)c2ccnc(N3CCCC3)c2)CC1. The van der Waals surface area contributed by atoms with Crippen molar-refractivity contribution in [1.82, 2.24) is 9.88 Å². The number of amides is 1. The molecule has 2 aromatic rings. The first kappa shape index (κ1) is 17.6. The van der Waals surface area contributed by atoms with Crippen LogP contribution in [-0.2, 0) is 0 Å². The van der Waals surface area contributed by atoms with Gasteiger partial charge >= 0.3 is 0 Å². The zero-order chi connectivity index (χ0) is 18.6. The van der Waals surface area contributed by atoms with Gasteiger partial charge in [-0.2, -0.15) is 0 Å². The second-order valence-electron chi connectivity index (χ2n) is 7.05. The number of anilines is 2. The summed E-state index contributed by atoms with van der Waals surface area (Å²) in [5, 5.41) is 0. The molecular formula is C21H26N4O2. The fraction of sp³-hybridized carbons (Fsp3) is 0.429. The van der Waals surface area contributed by atoms with Crippen LogP contribution in [0, 0.1) is 0 Å². The second-order valence-corrected chi connectivity index (χ2v) is 7.05. The van der Waals surface area contributed by atoms with Crippen molar-refractivity contribution in [3.8, 4) is 5.75 Å². The summed E-state index contributed by atoms with van der Waals surface area (Å²) >= 11 is 0. The topological polar surface area (TPSA) is 48.9 Å². The molecule has 1 aromatic carbocycles. The van der Waals surface area contributed by atoms with E-state index in [0.29, 0.717) is 13.1 Å². The monoisotopic (exact) mass is 366 g/mol. The number of pyridine rings is 1. The summed E-state index contributed by atoms with van der Waals surface area (Å²) < 4.78 is 5.47. The Morgan fingerprint density at radius 2 is 1.70 bits per heavy atom. The molecule has 2 fully saturated rings. The molecule has 142 valence electrons. The van der Waals surface area contributed by atoms with E-state index in [4.69, 9.17) is 4.74 Å². The standard InChI is InChI=1S/C21H26N4O2/c1-27-19-7-3-2-6-18(19)23-12-14-25(15-13-23)21(26)17-8-9-22-20(16-17)24-10-4-5-11-24/h2-3,6-9,16H,4-5,10-15H2,1H3. The predicted molar refractivity (Wildman–Crippen MR) is 107 cm³/mol. The highest BCUT2D eigenvalue weighted by Gasteiger charge is 2.24. The predicted octanol–water partition coefficient (Wildman–Crippen LogP) is 2.65. The molecule has 1 amide bonds. The van der Waals surface area contributed by atoms with Gasteiger partial charge in [0.05, 0.1) is 12.8 Å². The summed E-state index contributed by atoms with van der Waals surface area (Å²) in [6.45, 7) is 5.08. The summed E-state index contributed by atoms with van der Waals surface area (Å²) in [6.07, 6.45) is 4.15. The van der Waals surface area contributed by atoms with Crippen LogP contribution in [0.25, 0.3) is 0 Å². The third-order valence-electron chi connectivity index (χ3n) is 5.42. The van der Waals surface area contributed by atoms with Gasteiger partial charge in [-0.05, 0) is 37.1 Å². The maximum absolute atomic E-state index is 13.0. The van der Waals surface area contributed by atoms with Crippen LogP contribution in [0.2, 0.25) is 0 Å². The first-order valence-electron chi connectivity index (χ1n) is 9.64. The maximum Gasteiger partial charge on any atom is 0.254 e. The molecule has 3 heterocycles. The summed E-state index contributed by atoms with van der Waals surface area (Å²) in [5.74, 6) is 1.89. The Morgan fingerprint density at radius 3 is 2.44 bits per heavy atom. The number of carbonyl (C=O) groups excluding carboxylic acids is 1. The minimum atomic E-state index is 0.0949. The van der Waals surface area contributed by atoms with Crippen LogP contribution in [-0.4, -0.2) is 62.2 Å². The van der Waals surface area contributed by atoms with Gasteiger partial charge in [-0.15, -0.1) is 0 Å². The van der Waals surface area contributed by atoms with Gasteiger partial charge in [0.25, 0.3) is 5.91 Å². The van der Waals surface area contributed by atoms with Gasteiger partial charge < -0.3 is 19.4 Å². The van der Waals surface area contributed by atoms with E-state index in [9.17, 15) is 4.79 Å². The number of benzene rings is 1. The van der Waals surface area contributed by atoms with Crippen molar-refractivity contribution in [2.75, 3.05) is 56.2 Å². The first-order chi connectivity index (χ1) is 13.3. The van der Waals surface area contributed by atoms with Crippen LogP contribution in [0.5, 0.6) is 5.75 Å². The van der Waals surface area contributed by atoms with Gasteiger partial charge in [-0.1, -0.05) is 12.1 Å². The number of piperazine rings is 1. The fourth-order valence-corrected chi connectivity index (χ4v) is 3.89. The molecule has 2 saturated heterocycles. The molecular weight excluding hydrogens is 340 g/mol. The van der Waals surface area contributed by atoms with Crippen molar-refractivity contribution < 1.29 is 9.53 Å². The van der Waals surface area contributed by atoms with Crippen molar-refractivity contribution in [3.05, 3.63) is 48.2 Å². The molecule has 0 bridgehead atoms. The Bertz CT molecular complexity index is 796. The van der Waals surface area contributed by atoms with Gasteiger partial charge in [-0.25, -0.2) is 4.98 Å². The Morgan fingerprint density at radius 1 is 0.963 bits per heavy atom. The lowest BCUT2D eigenvalue weighted by Gasteiger charge is -2.36. The van der Waals surface area contributed by atoms with E-state index in [0.717, 1.165) is 49.0 Å². The highest BCUT2D eigenvalue weighted by molar-refractivity contribution is 5.95. The average Bonchev–Trinajstić information content (AvgIpc) is 3.28. The van der Waals surface area contributed by atoms with Crippen molar-refractivity contribution >= 4 is 17.4 Å². The van der Waals surface area contributed by atoms with Crippen LogP contribution in [0.4, 0.5) is 11.5 Å². The zero-order valence-corrected chi connectivity index (χ0v) is 15.8. The van der Waals surface area contributed by atoms with Crippen LogP contribution in [0.15, 0.2) is 42.6 Å². The molecule has 0 spiro atoms. The Hall–Kier alpha value is -2.76. The number of nitrogens with zero attached hydrogens (tertiary/aromatic N) is 4. The average molecular weight is 366 g/mol. The van der Waals surface area contributed by atoms with E-state index < -0.39 is 0 Å². The number of aromatic nitrogens is 1. The zero-order valence-electron chi connectivity index (χ0n) is 15.8. The van der Waals surface area contributed by atoms with Crippen molar-refractivity contribution in [2.24, 2.45) is 0 Å². The molecule has 0 radical (unpaired) electrons. The van der Waals surface area contributed by atoms with Gasteiger partial charge in [0, 0.05) is 51.0 Å². The third kappa shape index (κ3) is 3.70. The van der Waals surface area contributed by atoms with Crippen molar-refractivity contribution in [1.29, 1.82) is 0 Å². The smallest absolute Gasteiger partial charge is 0.254 e. The molecule has 0 saturated carbocycles. The molecule has 0 atom stereocenters. The summed E-state index contributed by atoms with van der Waals surface area (Å²) in [5.41, 5.74) is 1.82. The summed E-state index contributed by atoms with van der Waals surface area (Å²) in [6, 6.07) is 11.8. The van der Waals surface area contributed by atoms with E-state index in [1.54, 1.807) is 13.3 Å². The molecule has 6 heteroatoms. The van der Waals surface area contributed by atoms with E-state index in [1.165, 1.54) is 12.8 Å². The Kier molecular flexibility index (Phi) is 5.14. The second kappa shape index (κ2) is 7.86. The maximum atomic E-state index is 13.0. The van der Waals surface area contributed by atoms with Crippen molar-refractivity contribution in [3.63, 3.8) is 0 Å². The lowest BCUT2D eigenvalue weighted by atomic mass is 10.2. The summed E-state index contributed by atoms with van der Waals surface area (Å²) in [4.78, 5) is 23.9. The van der Waals surface area contributed by atoms with Crippen LogP contribution < -0.4 is 14.5 Å². The molecule has 1 aromatic heterocycles. The molecule has 0 unspecified atom stereocenters. The lowest BCUT2D eigenvalue weighted by Crippen LogP contribution is -2.48. The lowest BCUT2D eigenvalue weighted by molar-refractivity contribution is 0.0746. The molecule has 2 aliphatic rings. The number of carbonyl (C=O) groups is 1. The van der Waals surface area contributed by atoms with Crippen LogP contribution >= 0.6 is 0 Å². The molecule has 2 aliphatic heterocycles. The number of para-hydroxylation sites is 2. The fourth-order valence-electron chi connectivity index (χ4n) is 3.89. The van der Waals surface area contributed by atoms with Crippen LogP contribution in [0.3, 0.4) is 0 Å². The Labute approximate surface area is 160 Å². The number of methoxy groups -OCH3 is 1. The summed E-state index contributed by atoms with van der Waals surface area (Å²) in [7, 11) is 1.69. The highest BCUT2D eigenvalue weighted by atomic mass is 16.5. The van der Waals surface area contributed by atoms with E-state index in [1.807, 2.05) is 35.2 Å². The van der Waals surface area contributed by atoms with Gasteiger partial charge in [0.1, 0.15) is 11.6 Å². The number of rotatable bonds is 4. The first-order valence-corrected chi connectivity index (χ1v) is 9.64. The van der Waals surface area contributed by atoms with Crippen LogP contribution in [0.1, 0.15) is 23.2 Å². The van der Waals surface area contributed by atoms with Gasteiger partial charge in [0.2, 0.25) is 0 Å². The minimum Gasteiger partial charge on any atom is -0.495 e. The van der Waals surface area contributed by atoms with Crippen molar-refractivity contribution in [2.45, 2.75) is 12.8 Å². The van der Waals surface area contributed by atoms with Gasteiger partial charge in [0.15, 0.2) is 0 Å². The number of ether oxygens (including phenoxy) is 1. The quantitative estimate of drug-likeness (QED) is 0.833.